The van der Waals surface area contributed by atoms with Gasteiger partial charge in [0.25, 0.3) is 5.92 Å². The van der Waals surface area contributed by atoms with Crippen molar-refractivity contribution >= 4 is 12.2 Å². The van der Waals surface area contributed by atoms with Crippen LogP contribution in [-0.4, -0.2) is 65.6 Å². The summed E-state index contributed by atoms with van der Waals surface area (Å²) in [6.45, 7) is 2.64. The van der Waals surface area contributed by atoms with Crippen molar-refractivity contribution in [1.82, 2.24) is 10.2 Å². The molecular formula is C25H28F2N2O5. The zero-order valence-electron chi connectivity index (χ0n) is 19.3. The molecule has 2 amide bonds. The number of benzene rings is 2. The van der Waals surface area contributed by atoms with Gasteiger partial charge in [0.15, 0.2) is 5.60 Å². The number of ether oxygens (including phenoxy) is 2. The molecular weight excluding hydrogens is 446 g/mol. The first-order valence-corrected chi connectivity index (χ1v) is 11.1. The average Bonchev–Trinajstić information content (AvgIpc) is 3.06. The summed E-state index contributed by atoms with van der Waals surface area (Å²) in [5.41, 5.74) is 0.890. The SMILES string of the molecule is CC(C)(C)OC(=O)N1CC(O)(C(F)(F)CNC(=O)OCC2c3ccccc3-c3ccccc32)C1. The Morgan fingerprint density at radius 2 is 1.59 bits per heavy atom. The highest BCUT2D eigenvalue weighted by atomic mass is 19.3. The third-order valence-corrected chi connectivity index (χ3v) is 6.04. The van der Waals surface area contributed by atoms with Gasteiger partial charge in [-0.15, -0.1) is 0 Å². The Labute approximate surface area is 196 Å². The number of hydrogen-bond donors (Lipinski definition) is 2. The van der Waals surface area contributed by atoms with E-state index in [0.717, 1.165) is 27.2 Å². The van der Waals surface area contributed by atoms with E-state index in [9.17, 15) is 23.5 Å². The lowest BCUT2D eigenvalue weighted by molar-refractivity contribution is -0.231. The number of alkyl carbamates (subject to hydrolysis) is 1. The summed E-state index contributed by atoms with van der Waals surface area (Å²) in [5, 5.41) is 12.3. The Bertz CT molecular complexity index is 1050. The summed E-state index contributed by atoms with van der Waals surface area (Å²) in [5.74, 6) is -3.87. The maximum Gasteiger partial charge on any atom is 0.410 e. The van der Waals surface area contributed by atoms with Gasteiger partial charge in [-0.2, -0.15) is 0 Å². The first-order valence-electron chi connectivity index (χ1n) is 11.1. The maximum absolute atomic E-state index is 14.6. The molecule has 0 bridgehead atoms. The molecule has 7 nitrogen and oxygen atoms in total. The van der Waals surface area contributed by atoms with Crippen molar-refractivity contribution in [2.24, 2.45) is 0 Å². The molecule has 1 heterocycles. The minimum atomic E-state index is -3.67. The lowest BCUT2D eigenvalue weighted by Gasteiger charge is -2.49. The summed E-state index contributed by atoms with van der Waals surface area (Å²) in [6.07, 6.45) is -1.79. The molecule has 0 radical (unpaired) electrons. The van der Waals surface area contributed by atoms with Gasteiger partial charge < -0.3 is 24.8 Å². The van der Waals surface area contributed by atoms with Gasteiger partial charge in [0.05, 0.1) is 19.6 Å². The monoisotopic (exact) mass is 474 g/mol. The van der Waals surface area contributed by atoms with Crippen LogP contribution in [0.4, 0.5) is 18.4 Å². The Balaban J connectivity index is 1.30. The highest BCUT2D eigenvalue weighted by molar-refractivity contribution is 5.79. The molecule has 182 valence electrons. The second kappa shape index (κ2) is 8.54. The van der Waals surface area contributed by atoms with Crippen molar-refractivity contribution in [2.45, 2.75) is 43.8 Å². The van der Waals surface area contributed by atoms with Crippen molar-refractivity contribution in [1.29, 1.82) is 0 Å². The van der Waals surface area contributed by atoms with E-state index in [1.54, 1.807) is 20.8 Å². The van der Waals surface area contributed by atoms with Gasteiger partial charge in [-0.25, -0.2) is 18.4 Å². The van der Waals surface area contributed by atoms with Gasteiger partial charge in [-0.1, -0.05) is 48.5 Å². The Kier molecular flexibility index (Phi) is 6.01. The van der Waals surface area contributed by atoms with E-state index in [4.69, 9.17) is 9.47 Å². The number of alkyl halides is 2. The molecule has 2 aliphatic rings. The lowest BCUT2D eigenvalue weighted by Crippen LogP contribution is -2.73. The van der Waals surface area contributed by atoms with Crippen LogP contribution in [0.25, 0.3) is 11.1 Å². The number of rotatable bonds is 5. The van der Waals surface area contributed by atoms with Crippen LogP contribution in [-0.2, 0) is 9.47 Å². The summed E-state index contributed by atoms with van der Waals surface area (Å²) in [7, 11) is 0. The summed E-state index contributed by atoms with van der Waals surface area (Å²) >= 11 is 0. The van der Waals surface area contributed by atoms with Crippen molar-refractivity contribution in [3.05, 3.63) is 59.7 Å². The van der Waals surface area contributed by atoms with Crippen molar-refractivity contribution in [3.8, 4) is 11.1 Å². The summed E-state index contributed by atoms with van der Waals surface area (Å²) in [4.78, 5) is 25.2. The van der Waals surface area contributed by atoms with E-state index >= 15 is 0 Å². The number of nitrogens with one attached hydrogen (secondary N) is 1. The number of β-amino-alcohol motifs (C(OH)–C–C–N with tert-alkyl or cyclic N) is 1. The van der Waals surface area contributed by atoms with E-state index in [2.05, 4.69) is 0 Å². The zero-order valence-corrected chi connectivity index (χ0v) is 19.3. The number of nitrogens with zero attached hydrogens (tertiary/aromatic N) is 1. The molecule has 1 fully saturated rings. The molecule has 9 heteroatoms. The van der Waals surface area contributed by atoms with Gasteiger partial charge in [0.2, 0.25) is 0 Å². The molecule has 0 spiro atoms. The fourth-order valence-corrected chi connectivity index (χ4v) is 4.27. The number of carbonyl (C=O) groups excluding carboxylic acids is 2. The van der Waals surface area contributed by atoms with E-state index in [1.165, 1.54) is 0 Å². The van der Waals surface area contributed by atoms with Crippen LogP contribution in [0, 0.1) is 0 Å². The standard InChI is InChI=1S/C25H28F2N2O5/c1-23(2,3)34-22(31)29-14-24(32,15-29)25(26,27)13-28-21(30)33-12-20-18-10-6-4-8-16(18)17-9-5-7-11-19(17)20/h4-11,20,32H,12-15H2,1-3H3,(H,28,30). The van der Waals surface area contributed by atoms with E-state index in [0.29, 0.717) is 0 Å². The van der Waals surface area contributed by atoms with E-state index in [1.807, 2.05) is 53.8 Å². The van der Waals surface area contributed by atoms with Crippen LogP contribution in [0.3, 0.4) is 0 Å². The second-order valence-electron chi connectivity index (χ2n) is 9.75. The van der Waals surface area contributed by atoms with Crippen LogP contribution in [0.2, 0.25) is 0 Å². The zero-order chi connectivity index (χ0) is 24.7. The molecule has 2 aromatic rings. The number of fused-ring (bicyclic) bond motifs is 3. The molecule has 1 aliphatic heterocycles. The Morgan fingerprint density at radius 3 is 2.12 bits per heavy atom. The molecule has 1 saturated heterocycles. The number of halogens is 2. The van der Waals surface area contributed by atoms with Crippen LogP contribution in [0.1, 0.15) is 37.8 Å². The minimum Gasteiger partial charge on any atom is -0.449 e. The normalized spacial score (nSPS) is 16.8. The first-order chi connectivity index (χ1) is 15.9. The quantitative estimate of drug-likeness (QED) is 0.680. The number of likely N-dealkylation sites (tertiary alicyclic amines) is 1. The van der Waals surface area contributed by atoms with Crippen LogP contribution < -0.4 is 5.32 Å². The summed E-state index contributed by atoms with van der Waals surface area (Å²) in [6, 6.07) is 15.6. The smallest absolute Gasteiger partial charge is 0.410 e. The summed E-state index contributed by atoms with van der Waals surface area (Å²) < 4.78 is 39.6. The largest absolute Gasteiger partial charge is 0.449 e. The molecule has 1 aliphatic carbocycles. The maximum atomic E-state index is 14.6. The van der Waals surface area contributed by atoms with Gasteiger partial charge in [0.1, 0.15) is 12.2 Å². The van der Waals surface area contributed by atoms with Crippen molar-refractivity contribution in [3.63, 3.8) is 0 Å². The topological polar surface area (TPSA) is 88.1 Å². The highest BCUT2D eigenvalue weighted by Crippen LogP contribution is 2.44. The van der Waals surface area contributed by atoms with Gasteiger partial charge in [-0.3, -0.25) is 0 Å². The van der Waals surface area contributed by atoms with E-state index < -0.39 is 48.9 Å². The molecule has 2 aromatic carbocycles. The van der Waals surface area contributed by atoms with Gasteiger partial charge in [-0.05, 0) is 43.0 Å². The molecule has 0 saturated carbocycles. The fraction of sp³-hybridized carbons (Fsp3) is 0.440. The third-order valence-electron chi connectivity index (χ3n) is 6.04. The van der Waals surface area contributed by atoms with Crippen LogP contribution >= 0.6 is 0 Å². The first kappa shape index (κ1) is 23.9. The number of hydrogen-bond acceptors (Lipinski definition) is 5. The second-order valence-corrected chi connectivity index (χ2v) is 9.75. The van der Waals surface area contributed by atoms with Crippen molar-refractivity contribution < 1.29 is 33.0 Å². The molecule has 4 rings (SSSR count). The van der Waals surface area contributed by atoms with Crippen LogP contribution in [0.15, 0.2) is 48.5 Å². The predicted octanol–water partition coefficient (Wildman–Crippen LogP) is 4.14. The van der Waals surface area contributed by atoms with Gasteiger partial charge >= 0.3 is 12.2 Å². The third kappa shape index (κ3) is 4.57. The number of aliphatic hydroxyl groups is 1. The predicted molar refractivity (Wildman–Crippen MR) is 121 cm³/mol. The van der Waals surface area contributed by atoms with Crippen molar-refractivity contribution in [2.75, 3.05) is 26.2 Å². The number of carbonyl (C=O) groups is 2. The molecule has 0 atom stereocenters. The Morgan fingerprint density at radius 1 is 1.06 bits per heavy atom. The minimum absolute atomic E-state index is 0.0118. The number of amides is 2. The van der Waals surface area contributed by atoms with E-state index in [-0.39, 0.29) is 12.5 Å². The van der Waals surface area contributed by atoms with Gasteiger partial charge in [0, 0.05) is 5.92 Å². The Hall–Kier alpha value is -3.20. The fourth-order valence-electron chi connectivity index (χ4n) is 4.27. The molecule has 0 aromatic heterocycles. The molecule has 2 N–H and O–H groups in total. The average molecular weight is 475 g/mol. The van der Waals surface area contributed by atoms with Crippen LogP contribution in [0.5, 0.6) is 0 Å². The highest BCUT2D eigenvalue weighted by Gasteiger charge is 2.61. The lowest BCUT2D eigenvalue weighted by atomic mass is 9.87. The molecule has 0 unspecified atom stereocenters. The molecule has 34 heavy (non-hydrogen) atoms.